The molecule has 140 valence electrons. The van der Waals surface area contributed by atoms with Gasteiger partial charge in [-0.25, -0.2) is 0 Å². The fourth-order valence-electron chi connectivity index (χ4n) is 3.49. The average Bonchev–Trinajstić information content (AvgIpc) is 2.76. The van der Waals surface area contributed by atoms with Crippen LogP contribution in [0.25, 0.3) is 0 Å². The lowest BCUT2D eigenvalue weighted by Gasteiger charge is -2.32. The van der Waals surface area contributed by atoms with Gasteiger partial charge in [0.2, 0.25) is 11.8 Å². The van der Waals surface area contributed by atoms with Crippen molar-refractivity contribution in [1.82, 2.24) is 14.8 Å². The maximum atomic E-state index is 12.9. The summed E-state index contributed by atoms with van der Waals surface area (Å²) in [4.78, 5) is 32.7. The Morgan fingerprint density at radius 2 is 1.96 bits per heavy atom. The van der Waals surface area contributed by atoms with Crippen molar-refractivity contribution in [3.05, 3.63) is 29.6 Å². The molecular weight excluding hydrogens is 363 g/mol. The topological polar surface area (TPSA) is 79.5 Å². The number of aromatic nitrogens is 1. The number of likely N-dealkylation sites (tertiary alicyclic amines) is 1. The van der Waals surface area contributed by atoms with Gasteiger partial charge in [-0.15, -0.1) is 24.8 Å². The molecule has 0 saturated carbocycles. The number of amides is 2. The molecule has 0 aliphatic carbocycles. The number of rotatable bonds is 1. The summed E-state index contributed by atoms with van der Waals surface area (Å²) in [6.45, 7) is 3.89. The number of hydrogen-bond donors (Lipinski definition) is 1. The molecule has 25 heavy (non-hydrogen) atoms. The van der Waals surface area contributed by atoms with Crippen molar-refractivity contribution in [2.24, 2.45) is 11.7 Å². The second kappa shape index (κ2) is 9.36. The Morgan fingerprint density at radius 3 is 2.68 bits per heavy atom. The molecule has 0 unspecified atom stereocenters. The highest BCUT2D eigenvalue weighted by molar-refractivity contribution is 5.85. The Balaban J connectivity index is 0.00000156. The summed E-state index contributed by atoms with van der Waals surface area (Å²) in [5.74, 6) is -0.0149. The van der Waals surface area contributed by atoms with E-state index in [0.29, 0.717) is 26.2 Å². The molecule has 2 N–H and O–H groups in total. The first-order valence-electron chi connectivity index (χ1n) is 8.27. The van der Waals surface area contributed by atoms with Crippen LogP contribution in [0.2, 0.25) is 0 Å². The van der Waals surface area contributed by atoms with Gasteiger partial charge in [0.25, 0.3) is 0 Å². The van der Waals surface area contributed by atoms with Gasteiger partial charge in [0.15, 0.2) is 0 Å². The van der Waals surface area contributed by atoms with Crippen molar-refractivity contribution in [3.63, 3.8) is 0 Å². The number of fused-ring (bicyclic) bond motifs is 1. The monoisotopic (exact) mass is 388 g/mol. The van der Waals surface area contributed by atoms with Crippen LogP contribution in [0.1, 0.15) is 31.0 Å². The first kappa shape index (κ1) is 21.7. The third-order valence-electron chi connectivity index (χ3n) is 4.85. The van der Waals surface area contributed by atoms with Crippen molar-refractivity contribution in [2.75, 3.05) is 19.6 Å². The van der Waals surface area contributed by atoms with E-state index in [4.69, 9.17) is 5.73 Å². The summed E-state index contributed by atoms with van der Waals surface area (Å²) in [7, 11) is 0. The number of nitrogens with zero attached hydrogens (tertiary/aromatic N) is 3. The highest BCUT2D eigenvalue weighted by Gasteiger charge is 2.32. The van der Waals surface area contributed by atoms with Gasteiger partial charge in [0.1, 0.15) is 0 Å². The molecule has 2 atom stereocenters. The van der Waals surface area contributed by atoms with E-state index in [9.17, 15) is 9.59 Å². The number of nitrogens with two attached hydrogens (primary N) is 1. The van der Waals surface area contributed by atoms with Crippen LogP contribution in [0.15, 0.2) is 18.3 Å². The minimum atomic E-state index is -0.148. The molecule has 0 radical (unpaired) electrons. The molecule has 0 aromatic carbocycles. The maximum Gasteiger partial charge on any atom is 0.227 e. The molecule has 1 saturated heterocycles. The van der Waals surface area contributed by atoms with Crippen LogP contribution < -0.4 is 5.73 Å². The first-order valence-corrected chi connectivity index (χ1v) is 8.27. The lowest BCUT2D eigenvalue weighted by Crippen LogP contribution is -2.44. The molecule has 0 bridgehead atoms. The smallest absolute Gasteiger partial charge is 0.227 e. The minimum Gasteiger partial charge on any atom is -0.341 e. The number of carbonyl (C=O) groups is 2. The number of carbonyl (C=O) groups excluding carboxylic acids is 2. The van der Waals surface area contributed by atoms with E-state index < -0.39 is 0 Å². The van der Waals surface area contributed by atoms with Crippen LogP contribution in [0.5, 0.6) is 0 Å². The van der Waals surface area contributed by atoms with Gasteiger partial charge in [-0.05, 0) is 24.5 Å². The normalized spacial score (nSPS) is 22.8. The van der Waals surface area contributed by atoms with Crippen LogP contribution in [0.4, 0.5) is 0 Å². The van der Waals surface area contributed by atoms with Crippen LogP contribution in [-0.4, -0.2) is 52.3 Å². The van der Waals surface area contributed by atoms with E-state index in [2.05, 4.69) is 4.98 Å². The van der Waals surface area contributed by atoms with E-state index in [1.807, 2.05) is 17.0 Å². The molecule has 2 aliphatic heterocycles. The Labute approximate surface area is 161 Å². The SMILES string of the molecule is CC(=O)N1C[C@@H](N)CC[C@@H](C(=O)N2CCc3ncccc3C2)C1.Cl.Cl. The molecule has 0 spiro atoms. The third-order valence-corrected chi connectivity index (χ3v) is 4.85. The standard InChI is InChI=1S/C17H24N4O2.2ClH/c1-12(22)21-10-14(4-5-15(18)11-21)17(23)20-8-6-16-13(9-20)3-2-7-19-16;;/h2-3,7,14-15H,4-6,8-11,18H2,1H3;2*1H/t14-,15+;;/m1../s1. The zero-order valence-corrected chi connectivity index (χ0v) is 16.0. The lowest BCUT2D eigenvalue weighted by molar-refractivity contribution is -0.138. The summed E-state index contributed by atoms with van der Waals surface area (Å²) >= 11 is 0. The summed E-state index contributed by atoms with van der Waals surface area (Å²) in [5.41, 5.74) is 8.25. The van der Waals surface area contributed by atoms with E-state index in [0.717, 1.165) is 30.5 Å². The van der Waals surface area contributed by atoms with Crippen LogP contribution in [0.3, 0.4) is 0 Å². The average molecular weight is 389 g/mol. The minimum absolute atomic E-state index is 0. The highest BCUT2D eigenvalue weighted by atomic mass is 35.5. The van der Waals surface area contributed by atoms with Gasteiger partial charge in [-0.3, -0.25) is 14.6 Å². The summed E-state index contributed by atoms with van der Waals surface area (Å²) in [6, 6.07) is 3.91. The van der Waals surface area contributed by atoms with Crippen molar-refractivity contribution >= 4 is 36.6 Å². The molecule has 3 rings (SSSR count). The van der Waals surface area contributed by atoms with Gasteiger partial charge in [0, 0.05) is 57.5 Å². The zero-order chi connectivity index (χ0) is 16.4. The predicted molar refractivity (Wildman–Crippen MR) is 101 cm³/mol. The first-order chi connectivity index (χ1) is 11.0. The molecule has 1 aromatic rings. The van der Waals surface area contributed by atoms with E-state index >= 15 is 0 Å². The van der Waals surface area contributed by atoms with Crippen molar-refractivity contribution in [1.29, 1.82) is 0 Å². The summed E-state index contributed by atoms with van der Waals surface area (Å²) < 4.78 is 0. The fourth-order valence-corrected chi connectivity index (χ4v) is 3.49. The molecule has 2 aliphatic rings. The Hall–Kier alpha value is -1.37. The van der Waals surface area contributed by atoms with E-state index in [1.54, 1.807) is 18.0 Å². The second-order valence-corrected chi connectivity index (χ2v) is 6.58. The molecule has 1 fully saturated rings. The van der Waals surface area contributed by atoms with E-state index in [-0.39, 0.29) is 48.6 Å². The van der Waals surface area contributed by atoms with Crippen LogP contribution in [-0.2, 0) is 22.6 Å². The van der Waals surface area contributed by atoms with Crippen molar-refractivity contribution < 1.29 is 9.59 Å². The second-order valence-electron chi connectivity index (χ2n) is 6.58. The molecule has 2 amide bonds. The zero-order valence-electron chi connectivity index (χ0n) is 14.4. The van der Waals surface area contributed by atoms with Crippen molar-refractivity contribution in [2.45, 2.75) is 38.8 Å². The van der Waals surface area contributed by atoms with Gasteiger partial charge in [-0.2, -0.15) is 0 Å². The molecular formula is C17H26Cl2N4O2. The van der Waals surface area contributed by atoms with Crippen molar-refractivity contribution in [3.8, 4) is 0 Å². The number of hydrogen-bond acceptors (Lipinski definition) is 4. The Morgan fingerprint density at radius 1 is 1.20 bits per heavy atom. The Kier molecular flexibility index (Phi) is 8.12. The quantitative estimate of drug-likeness (QED) is 0.788. The van der Waals surface area contributed by atoms with Crippen LogP contribution >= 0.6 is 24.8 Å². The van der Waals surface area contributed by atoms with Gasteiger partial charge < -0.3 is 15.5 Å². The predicted octanol–water partition coefficient (Wildman–Crippen LogP) is 1.40. The number of halogens is 2. The van der Waals surface area contributed by atoms with E-state index in [1.165, 1.54) is 0 Å². The Bertz CT molecular complexity index is 614. The van der Waals surface area contributed by atoms with Gasteiger partial charge in [-0.1, -0.05) is 6.07 Å². The summed E-state index contributed by atoms with van der Waals surface area (Å²) in [5, 5.41) is 0. The maximum absolute atomic E-state index is 12.9. The largest absolute Gasteiger partial charge is 0.341 e. The fraction of sp³-hybridized carbons (Fsp3) is 0.588. The third kappa shape index (κ3) is 5.06. The lowest BCUT2D eigenvalue weighted by atomic mass is 9.98. The van der Waals surface area contributed by atoms with Gasteiger partial charge in [0.05, 0.1) is 5.92 Å². The van der Waals surface area contributed by atoms with Crippen LogP contribution in [0, 0.1) is 5.92 Å². The van der Waals surface area contributed by atoms with Gasteiger partial charge >= 0.3 is 0 Å². The molecule has 8 heteroatoms. The summed E-state index contributed by atoms with van der Waals surface area (Å²) in [6.07, 6.45) is 4.13. The number of pyridine rings is 1. The molecule has 3 heterocycles. The highest BCUT2D eigenvalue weighted by Crippen LogP contribution is 2.23. The molecule has 1 aromatic heterocycles. The molecule has 6 nitrogen and oxygen atoms in total.